The summed E-state index contributed by atoms with van der Waals surface area (Å²) in [5.41, 5.74) is 6.75. The summed E-state index contributed by atoms with van der Waals surface area (Å²) in [5, 5.41) is 2.98. The zero-order valence-electron chi connectivity index (χ0n) is 15.0. The van der Waals surface area contributed by atoms with Gasteiger partial charge in [-0.3, -0.25) is 9.79 Å². The normalized spacial score (nSPS) is 15.6. The molecule has 0 aliphatic carbocycles. The molecule has 1 fully saturated rings. The highest BCUT2D eigenvalue weighted by molar-refractivity contribution is 5.80. The minimum Gasteiger partial charge on any atom is -0.370 e. The highest BCUT2D eigenvalue weighted by Crippen LogP contribution is 2.17. The van der Waals surface area contributed by atoms with Crippen LogP contribution in [0.1, 0.15) is 20.3 Å². The van der Waals surface area contributed by atoms with Crippen molar-refractivity contribution >= 4 is 17.6 Å². The first-order valence-corrected chi connectivity index (χ1v) is 8.78. The van der Waals surface area contributed by atoms with E-state index in [1.807, 2.05) is 4.90 Å². The van der Waals surface area contributed by atoms with Crippen LogP contribution >= 0.6 is 0 Å². The van der Waals surface area contributed by atoms with Gasteiger partial charge in [-0.25, -0.2) is 4.39 Å². The number of carbonyl (C=O) groups is 1. The molecule has 138 valence electrons. The van der Waals surface area contributed by atoms with Crippen molar-refractivity contribution in [1.29, 1.82) is 0 Å². The van der Waals surface area contributed by atoms with E-state index in [4.69, 9.17) is 5.73 Å². The summed E-state index contributed by atoms with van der Waals surface area (Å²) in [7, 11) is 0. The van der Waals surface area contributed by atoms with Gasteiger partial charge >= 0.3 is 0 Å². The number of nitrogens with zero attached hydrogens (tertiary/aromatic N) is 3. The second kappa shape index (κ2) is 9.25. The SMILES string of the molecule is CC(C)CN=C(N)NCCC(=O)N1CCN(c2ccc(F)cc2)CC1. The van der Waals surface area contributed by atoms with Crippen LogP contribution in [0.2, 0.25) is 0 Å². The number of benzene rings is 1. The summed E-state index contributed by atoms with van der Waals surface area (Å²) in [4.78, 5) is 20.5. The quantitative estimate of drug-likeness (QED) is 0.602. The van der Waals surface area contributed by atoms with Gasteiger partial charge in [0.2, 0.25) is 5.91 Å². The van der Waals surface area contributed by atoms with E-state index in [2.05, 4.69) is 29.1 Å². The van der Waals surface area contributed by atoms with Crippen molar-refractivity contribution in [3.63, 3.8) is 0 Å². The van der Waals surface area contributed by atoms with Gasteiger partial charge in [0.05, 0.1) is 0 Å². The molecule has 3 N–H and O–H groups in total. The maximum absolute atomic E-state index is 13.0. The molecule has 7 heteroatoms. The average Bonchev–Trinajstić information content (AvgIpc) is 2.60. The summed E-state index contributed by atoms with van der Waals surface area (Å²) in [6, 6.07) is 6.47. The van der Waals surface area contributed by atoms with Crippen molar-refractivity contribution in [1.82, 2.24) is 10.2 Å². The van der Waals surface area contributed by atoms with Crippen LogP contribution in [0.3, 0.4) is 0 Å². The highest BCUT2D eigenvalue weighted by Gasteiger charge is 2.20. The number of anilines is 1. The molecular weight excluding hydrogens is 321 g/mol. The van der Waals surface area contributed by atoms with Gasteiger partial charge in [-0.1, -0.05) is 13.8 Å². The Morgan fingerprint density at radius 1 is 1.24 bits per heavy atom. The first-order valence-electron chi connectivity index (χ1n) is 8.78. The number of aliphatic imine (C=N–C) groups is 1. The van der Waals surface area contributed by atoms with Crippen LogP contribution in [-0.4, -0.2) is 56.0 Å². The summed E-state index contributed by atoms with van der Waals surface area (Å²) < 4.78 is 13.0. The molecule has 0 aromatic heterocycles. The van der Waals surface area contributed by atoms with E-state index >= 15 is 0 Å². The van der Waals surface area contributed by atoms with E-state index in [1.54, 1.807) is 12.1 Å². The van der Waals surface area contributed by atoms with Crippen LogP contribution in [0, 0.1) is 11.7 Å². The van der Waals surface area contributed by atoms with Crippen molar-refractivity contribution < 1.29 is 9.18 Å². The van der Waals surface area contributed by atoms with Crippen LogP contribution in [0.25, 0.3) is 0 Å². The van der Waals surface area contributed by atoms with E-state index < -0.39 is 0 Å². The lowest BCUT2D eigenvalue weighted by Crippen LogP contribution is -2.49. The number of carbonyl (C=O) groups excluding carboxylic acids is 1. The molecule has 1 aromatic rings. The van der Waals surface area contributed by atoms with Crippen LogP contribution in [0.15, 0.2) is 29.3 Å². The molecule has 1 amide bonds. The molecule has 2 rings (SSSR count). The molecule has 1 aliphatic rings. The van der Waals surface area contributed by atoms with Gasteiger partial charge in [-0.15, -0.1) is 0 Å². The van der Waals surface area contributed by atoms with Crippen molar-refractivity contribution in [3.05, 3.63) is 30.1 Å². The number of rotatable bonds is 6. The first-order chi connectivity index (χ1) is 12.0. The summed E-state index contributed by atoms with van der Waals surface area (Å²) in [5.74, 6) is 0.728. The molecule has 1 aromatic carbocycles. The molecule has 0 radical (unpaired) electrons. The van der Waals surface area contributed by atoms with E-state index in [9.17, 15) is 9.18 Å². The average molecular weight is 349 g/mol. The van der Waals surface area contributed by atoms with E-state index in [-0.39, 0.29) is 11.7 Å². The Hall–Kier alpha value is -2.31. The predicted molar refractivity (Wildman–Crippen MR) is 99.1 cm³/mol. The number of piperazine rings is 1. The number of hydrogen-bond donors (Lipinski definition) is 2. The third-order valence-corrected chi connectivity index (χ3v) is 4.10. The number of nitrogens with two attached hydrogens (primary N) is 1. The van der Waals surface area contributed by atoms with Gasteiger partial charge in [0.25, 0.3) is 0 Å². The summed E-state index contributed by atoms with van der Waals surface area (Å²) >= 11 is 0. The highest BCUT2D eigenvalue weighted by atomic mass is 19.1. The van der Waals surface area contributed by atoms with Crippen molar-refractivity contribution in [2.75, 3.05) is 44.2 Å². The third kappa shape index (κ3) is 6.25. The van der Waals surface area contributed by atoms with Crippen LogP contribution in [0.4, 0.5) is 10.1 Å². The number of halogens is 1. The molecule has 25 heavy (non-hydrogen) atoms. The van der Waals surface area contributed by atoms with Gasteiger partial charge in [0.15, 0.2) is 5.96 Å². The molecule has 0 spiro atoms. The molecule has 0 unspecified atom stereocenters. The Morgan fingerprint density at radius 3 is 2.48 bits per heavy atom. The molecule has 0 atom stereocenters. The molecule has 1 saturated heterocycles. The van der Waals surface area contributed by atoms with Crippen LogP contribution in [0.5, 0.6) is 0 Å². The third-order valence-electron chi connectivity index (χ3n) is 4.10. The van der Waals surface area contributed by atoms with Crippen molar-refractivity contribution in [2.45, 2.75) is 20.3 Å². The Morgan fingerprint density at radius 2 is 1.88 bits per heavy atom. The lowest BCUT2D eigenvalue weighted by Gasteiger charge is -2.36. The summed E-state index contributed by atoms with van der Waals surface area (Å²) in [6.45, 7) is 8.17. The molecule has 1 heterocycles. The minimum atomic E-state index is -0.235. The predicted octanol–water partition coefficient (Wildman–Crippen LogP) is 1.42. The van der Waals surface area contributed by atoms with Crippen LogP contribution < -0.4 is 16.0 Å². The maximum atomic E-state index is 13.0. The fourth-order valence-electron chi connectivity index (χ4n) is 2.66. The fourth-order valence-corrected chi connectivity index (χ4v) is 2.66. The number of guanidine groups is 1. The van der Waals surface area contributed by atoms with E-state index in [1.165, 1.54) is 12.1 Å². The Bertz CT molecular complexity index is 580. The first kappa shape index (κ1) is 19.0. The number of hydrogen-bond acceptors (Lipinski definition) is 3. The Kier molecular flexibility index (Phi) is 7.03. The summed E-state index contributed by atoms with van der Waals surface area (Å²) in [6.07, 6.45) is 0.397. The lowest BCUT2D eigenvalue weighted by molar-refractivity contribution is -0.131. The fraction of sp³-hybridized carbons (Fsp3) is 0.556. The largest absolute Gasteiger partial charge is 0.370 e. The molecule has 1 aliphatic heterocycles. The van der Waals surface area contributed by atoms with Crippen molar-refractivity contribution in [3.8, 4) is 0 Å². The van der Waals surface area contributed by atoms with Gasteiger partial charge in [-0.05, 0) is 30.2 Å². The minimum absolute atomic E-state index is 0.114. The van der Waals surface area contributed by atoms with Gasteiger partial charge in [0.1, 0.15) is 5.82 Å². The number of nitrogens with one attached hydrogen (secondary N) is 1. The zero-order chi connectivity index (χ0) is 18.2. The second-order valence-corrected chi connectivity index (χ2v) is 6.64. The number of amides is 1. The Balaban J connectivity index is 1.70. The molecule has 0 saturated carbocycles. The Labute approximate surface area is 148 Å². The van der Waals surface area contributed by atoms with Gasteiger partial charge in [-0.2, -0.15) is 0 Å². The molecular formula is C18H28FN5O. The lowest BCUT2D eigenvalue weighted by atomic mass is 10.2. The smallest absolute Gasteiger partial charge is 0.224 e. The topological polar surface area (TPSA) is 74.0 Å². The van der Waals surface area contributed by atoms with Gasteiger partial charge < -0.3 is 20.9 Å². The van der Waals surface area contributed by atoms with E-state index in [0.29, 0.717) is 44.5 Å². The van der Waals surface area contributed by atoms with Crippen LogP contribution in [-0.2, 0) is 4.79 Å². The molecule has 0 bridgehead atoms. The van der Waals surface area contributed by atoms with Crippen molar-refractivity contribution in [2.24, 2.45) is 16.6 Å². The standard InChI is InChI=1S/C18H28FN5O/c1-14(2)13-22-18(20)21-8-7-17(25)24-11-9-23(10-12-24)16-5-3-15(19)4-6-16/h3-6,14H,7-13H2,1-2H3,(H3,20,21,22). The van der Waals surface area contributed by atoms with Gasteiger partial charge in [0, 0.05) is 51.4 Å². The maximum Gasteiger partial charge on any atom is 0.224 e. The zero-order valence-corrected chi connectivity index (χ0v) is 15.0. The molecule has 6 nitrogen and oxygen atoms in total. The van der Waals surface area contributed by atoms with E-state index in [0.717, 1.165) is 18.8 Å². The monoisotopic (exact) mass is 349 g/mol. The second-order valence-electron chi connectivity index (χ2n) is 6.64.